The van der Waals surface area contributed by atoms with Crippen LogP contribution in [0.5, 0.6) is 0 Å². The molecule has 7 heteroatoms. The molecular formula is C18H25N5O2. The summed E-state index contributed by atoms with van der Waals surface area (Å²) in [5, 5.41) is 8.79. The van der Waals surface area contributed by atoms with E-state index in [1.807, 2.05) is 17.9 Å². The SMILES string of the molecule is Cc1ccc(C(=O)N2CCN(Cc3nnc4n3CCCCC4)CC2)o1. The van der Waals surface area contributed by atoms with Crippen LogP contribution in [0.2, 0.25) is 0 Å². The van der Waals surface area contributed by atoms with Crippen LogP contribution in [0, 0.1) is 6.92 Å². The van der Waals surface area contributed by atoms with Gasteiger partial charge in [0.2, 0.25) is 0 Å². The summed E-state index contributed by atoms with van der Waals surface area (Å²) in [6.07, 6.45) is 4.74. The van der Waals surface area contributed by atoms with Crippen molar-refractivity contribution in [1.29, 1.82) is 0 Å². The Kier molecular flexibility index (Phi) is 4.57. The van der Waals surface area contributed by atoms with Gasteiger partial charge in [-0.15, -0.1) is 10.2 Å². The third-order valence-electron chi connectivity index (χ3n) is 5.16. The molecule has 2 aliphatic heterocycles. The van der Waals surface area contributed by atoms with Gasteiger partial charge in [-0.25, -0.2) is 0 Å². The monoisotopic (exact) mass is 343 g/mol. The van der Waals surface area contributed by atoms with Gasteiger partial charge in [-0.1, -0.05) is 6.42 Å². The fourth-order valence-corrected chi connectivity index (χ4v) is 3.68. The average molecular weight is 343 g/mol. The molecule has 25 heavy (non-hydrogen) atoms. The number of carbonyl (C=O) groups excluding carboxylic acids is 1. The molecule has 2 aliphatic rings. The molecule has 0 N–H and O–H groups in total. The summed E-state index contributed by atoms with van der Waals surface area (Å²) in [5.41, 5.74) is 0. The summed E-state index contributed by atoms with van der Waals surface area (Å²) in [4.78, 5) is 16.7. The van der Waals surface area contributed by atoms with Gasteiger partial charge in [-0.2, -0.15) is 0 Å². The molecule has 2 aromatic rings. The number of furan rings is 1. The Morgan fingerprint density at radius 1 is 1.08 bits per heavy atom. The summed E-state index contributed by atoms with van der Waals surface area (Å²) in [7, 11) is 0. The molecule has 1 fully saturated rings. The Morgan fingerprint density at radius 3 is 2.68 bits per heavy atom. The van der Waals surface area contributed by atoms with Gasteiger partial charge in [-0.3, -0.25) is 9.69 Å². The molecule has 2 aromatic heterocycles. The van der Waals surface area contributed by atoms with Crippen molar-refractivity contribution >= 4 is 5.91 Å². The molecule has 1 saturated heterocycles. The summed E-state index contributed by atoms with van der Waals surface area (Å²) >= 11 is 0. The smallest absolute Gasteiger partial charge is 0.289 e. The zero-order valence-corrected chi connectivity index (χ0v) is 14.8. The van der Waals surface area contributed by atoms with Gasteiger partial charge in [0.05, 0.1) is 6.54 Å². The van der Waals surface area contributed by atoms with E-state index < -0.39 is 0 Å². The van der Waals surface area contributed by atoms with Gasteiger partial charge in [0.15, 0.2) is 5.76 Å². The Hall–Kier alpha value is -2.15. The van der Waals surface area contributed by atoms with Crippen LogP contribution in [0.15, 0.2) is 16.5 Å². The summed E-state index contributed by atoms with van der Waals surface area (Å²) in [6.45, 7) is 6.86. The average Bonchev–Trinajstić information content (AvgIpc) is 3.14. The van der Waals surface area contributed by atoms with Crippen LogP contribution >= 0.6 is 0 Å². The molecule has 0 aliphatic carbocycles. The predicted molar refractivity (Wildman–Crippen MR) is 92.2 cm³/mol. The number of fused-ring (bicyclic) bond motifs is 1. The van der Waals surface area contributed by atoms with Crippen molar-refractivity contribution < 1.29 is 9.21 Å². The highest BCUT2D eigenvalue weighted by atomic mass is 16.3. The molecule has 0 radical (unpaired) electrons. The topological polar surface area (TPSA) is 67.4 Å². The van der Waals surface area contributed by atoms with Gasteiger partial charge in [0, 0.05) is 39.1 Å². The molecule has 0 bridgehead atoms. The van der Waals surface area contributed by atoms with Gasteiger partial charge in [0.25, 0.3) is 5.91 Å². The first-order valence-corrected chi connectivity index (χ1v) is 9.20. The summed E-state index contributed by atoms with van der Waals surface area (Å²) < 4.78 is 7.76. The number of carbonyl (C=O) groups is 1. The molecule has 0 unspecified atom stereocenters. The molecule has 0 saturated carbocycles. The first-order chi connectivity index (χ1) is 12.2. The van der Waals surface area contributed by atoms with Gasteiger partial charge < -0.3 is 13.9 Å². The number of nitrogens with zero attached hydrogens (tertiary/aromatic N) is 5. The number of hydrogen-bond acceptors (Lipinski definition) is 5. The quantitative estimate of drug-likeness (QED) is 0.851. The summed E-state index contributed by atoms with van der Waals surface area (Å²) in [6, 6.07) is 3.59. The number of rotatable bonds is 3. The lowest BCUT2D eigenvalue weighted by molar-refractivity contribution is 0.0592. The largest absolute Gasteiger partial charge is 0.456 e. The van der Waals surface area contributed by atoms with E-state index in [0.29, 0.717) is 5.76 Å². The van der Waals surface area contributed by atoms with E-state index in [4.69, 9.17) is 4.42 Å². The number of aromatic nitrogens is 3. The minimum absolute atomic E-state index is 0.0101. The normalized spacial score (nSPS) is 18.8. The van der Waals surface area contributed by atoms with E-state index in [2.05, 4.69) is 19.7 Å². The standard InChI is InChI=1S/C18H25N5O2/c1-14-6-7-15(25-14)18(24)22-11-9-21(10-12-22)13-17-20-19-16-5-3-2-4-8-23(16)17/h6-7H,2-5,8-13H2,1H3. The molecule has 134 valence electrons. The number of piperazine rings is 1. The van der Waals surface area contributed by atoms with Crippen molar-refractivity contribution in [2.45, 2.75) is 45.7 Å². The Bertz CT molecular complexity index is 742. The highest BCUT2D eigenvalue weighted by molar-refractivity contribution is 5.91. The molecule has 1 amide bonds. The molecule has 0 aromatic carbocycles. The third-order valence-corrected chi connectivity index (χ3v) is 5.16. The van der Waals surface area contributed by atoms with Crippen molar-refractivity contribution in [3.8, 4) is 0 Å². The van der Waals surface area contributed by atoms with Crippen LogP contribution in [0.25, 0.3) is 0 Å². The van der Waals surface area contributed by atoms with E-state index in [9.17, 15) is 4.79 Å². The van der Waals surface area contributed by atoms with E-state index in [0.717, 1.165) is 63.1 Å². The molecule has 7 nitrogen and oxygen atoms in total. The van der Waals surface area contributed by atoms with E-state index in [1.165, 1.54) is 19.3 Å². The Balaban J connectivity index is 1.35. The Morgan fingerprint density at radius 2 is 1.92 bits per heavy atom. The lowest BCUT2D eigenvalue weighted by atomic mass is 10.2. The second kappa shape index (κ2) is 7.00. The van der Waals surface area contributed by atoms with E-state index in [1.54, 1.807) is 6.07 Å². The third kappa shape index (κ3) is 3.46. The second-order valence-corrected chi connectivity index (χ2v) is 6.97. The van der Waals surface area contributed by atoms with Crippen LogP contribution in [0.3, 0.4) is 0 Å². The zero-order valence-electron chi connectivity index (χ0n) is 14.8. The van der Waals surface area contributed by atoms with Crippen molar-refractivity contribution in [1.82, 2.24) is 24.6 Å². The number of hydrogen-bond donors (Lipinski definition) is 0. The maximum absolute atomic E-state index is 12.5. The Labute approximate surface area is 147 Å². The zero-order chi connectivity index (χ0) is 17.2. The summed E-state index contributed by atoms with van der Waals surface area (Å²) in [5.74, 6) is 3.40. The molecular weight excluding hydrogens is 318 g/mol. The molecule has 4 rings (SSSR count). The van der Waals surface area contributed by atoms with Crippen LogP contribution in [-0.2, 0) is 19.5 Å². The lowest BCUT2D eigenvalue weighted by Crippen LogP contribution is -2.48. The van der Waals surface area contributed by atoms with Gasteiger partial charge in [0.1, 0.15) is 17.4 Å². The van der Waals surface area contributed by atoms with Crippen molar-refractivity contribution in [3.05, 3.63) is 35.3 Å². The molecule has 4 heterocycles. The van der Waals surface area contributed by atoms with Crippen LogP contribution < -0.4 is 0 Å². The van der Waals surface area contributed by atoms with Crippen LogP contribution in [0.1, 0.15) is 47.2 Å². The van der Waals surface area contributed by atoms with Gasteiger partial charge in [-0.05, 0) is 31.9 Å². The molecule has 0 atom stereocenters. The highest BCUT2D eigenvalue weighted by Crippen LogP contribution is 2.17. The molecule has 0 spiro atoms. The van der Waals surface area contributed by atoms with E-state index >= 15 is 0 Å². The fraction of sp³-hybridized carbons (Fsp3) is 0.611. The van der Waals surface area contributed by atoms with Crippen molar-refractivity contribution in [2.75, 3.05) is 26.2 Å². The van der Waals surface area contributed by atoms with Gasteiger partial charge >= 0.3 is 0 Å². The van der Waals surface area contributed by atoms with Crippen LogP contribution in [0.4, 0.5) is 0 Å². The minimum atomic E-state index is -0.0101. The van der Waals surface area contributed by atoms with Crippen molar-refractivity contribution in [3.63, 3.8) is 0 Å². The maximum Gasteiger partial charge on any atom is 0.289 e. The van der Waals surface area contributed by atoms with E-state index in [-0.39, 0.29) is 5.91 Å². The second-order valence-electron chi connectivity index (χ2n) is 6.97. The highest BCUT2D eigenvalue weighted by Gasteiger charge is 2.25. The fourth-order valence-electron chi connectivity index (χ4n) is 3.68. The number of amides is 1. The lowest BCUT2D eigenvalue weighted by Gasteiger charge is -2.34. The number of aryl methyl sites for hydroxylation is 2. The first-order valence-electron chi connectivity index (χ1n) is 9.20. The van der Waals surface area contributed by atoms with Crippen LogP contribution in [-0.4, -0.2) is 56.7 Å². The first kappa shape index (κ1) is 16.3. The maximum atomic E-state index is 12.5. The minimum Gasteiger partial charge on any atom is -0.456 e. The van der Waals surface area contributed by atoms with Crippen molar-refractivity contribution in [2.24, 2.45) is 0 Å². The predicted octanol–water partition coefficient (Wildman–Crippen LogP) is 1.86.